The molecule has 0 amide bonds. The Balaban J connectivity index is 0.984. The first-order chi connectivity index (χ1) is 28.7. The lowest BCUT2D eigenvalue weighted by molar-refractivity contribution is 1.08. The largest absolute Gasteiger partial charge is 0.208 e. The summed E-state index contributed by atoms with van der Waals surface area (Å²) in [7, 11) is 0. The van der Waals surface area contributed by atoms with E-state index in [-0.39, 0.29) is 0 Å². The van der Waals surface area contributed by atoms with Gasteiger partial charge in [-0.25, -0.2) is 15.0 Å². The Morgan fingerprint density at radius 3 is 1.72 bits per heavy atom. The predicted molar refractivity (Wildman–Crippen MR) is 248 cm³/mol. The van der Waals surface area contributed by atoms with Crippen molar-refractivity contribution >= 4 is 84.6 Å². The molecule has 0 bridgehead atoms. The number of hydrogen-bond donors (Lipinski definition) is 0. The van der Waals surface area contributed by atoms with Gasteiger partial charge in [0, 0.05) is 57.0 Å². The Morgan fingerprint density at radius 2 is 0.879 bits per heavy atom. The van der Waals surface area contributed by atoms with Gasteiger partial charge in [-0.15, -0.1) is 22.7 Å². The standard InChI is InChI=1S/C53H31N3S2/c1-2-12-33(13-3-1)51-54-52(56-53(55-51)43-21-10-20-42-41-18-8-9-22-46(41)58-50(42)43)34-26-24-32(25-27-34)38-19-11-23-48-49(38)45-31-36(28-29-47(45)57-48)44-30-35-14-4-5-15-37(35)39-16-6-7-17-40(39)44/h1-31H. The van der Waals surface area contributed by atoms with E-state index in [4.69, 9.17) is 15.0 Å². The predicted octanol–water partition coefficient (Wildman–Crippen LogP) is 15.2. The molecule has 0 fully saturated rings. The van der Waals surface area contributed by atoms with Crippen LogP contribution >= 0.6 is 22.7 Å². The summed E-state index contributed by atoms with van der Waals surface area (Å²) in [6.07, 6.45) is 0. The smallest absolute Gasteiger partial charge is 0.165 e. The molecule has 12 aromatic rings. The molecule has 0 atom stereocenters. The first kappa shape index (κ1) is 33.1. The van der Waals surface area contributed by atoms with Gasteiger partial charge in [-0.3, -0.25) is 0 Å². The monoisotopic (exact) mass is 773 g/mol. The summed E-state index contributed by atoms with van der Waals surface area (Å²) in [6.45, 7) is 0. The van der Waals surface area contributed by atoms with E-state index in [9.17, 15) is 0 Å². The van der Waals surface area contributed by atoms with Crippen molar-refractivity contribution in [2.24, 2.45) is 0 Å². The van der Waals surface area contributed by atoms with Gasteiger partial charge in [-0.05, 0) is 80.2 Å². The maximum Gasteiger partial charge on any atom is 0.165 e. The van der Waals surface area contributed by atoms with E-state index < -0.39 is 0 Å². The van der Waals surface area contributed by atoms with Gasteiger partial charge in [0.25, 0.3) is 0 Å². The molecule has 12 rings (SSSR count). The van der Waals surface area contributed by atoms with Gasteiger partial charge >= 0.3 is 0 Å². The van der Waals surface area contributed by atoms with Crippen LogP contribution in [0.5, 0.6) is 0 Å². The van der Waals surface area contributed by atoms with E-state index in [1.165, 1.54) is 78.6 Å². The minimum Gasteiger partial charge on any atom is -0.208 e. The molecule has 0 saturated heterocycles. The second-order valence-electron chi connectivity index (χ2n) is 14.7. The number of aromatic nitrogens is 3. The first-order valence-corrected chi connectivity index (χ1v) is 21.1. The fourth-order valence-corrected chi connectivity index (χ4v) is 10.9. The summed E-state index contributed by atoms with van der Waals surface area (Å²) in [5.41, 5.74) is 7.78. The van der Waals surface area contributed by atoms with Crippen LogP contribution in [0.3, 0.4) is 0 Å². The lowest BCUT2D eigenvalue weighted by atomic mass is 9.92. The number of thiophene rings is 2. The molecule has 0 aliphatic carbocycles. The van der Waals surface area contributed by atoms with Gasteiger partial charge in [-0.1, -0.05) is 152 Å². The SMILES string of the molecule is c1ccc(-c2nc(-c3ccc(-c4cccc5sc6ccc(-c7cc8ccccc8c8ccccc78)cc6c45)cc3)nc(-c3cccc4c3sc3ccccc34)n2)cc1. The number of fused-ring (bicyclic) bond motifs is 9. The van der Waals surface area contributed by atoms with Crippen molar-refractivity contribution in [3.8, 4) is 56.4 Å². The minimum absolute atomic E-state index is 0.653. The normalized spacial score (nSPS) is 11.8. The van der Waals surface area contributed by atoms with Crippen LogP contribution < -0.4 is 0 Å². The maximum atomic E-state index is 5.17. The van der Waals surface area contributed by atoms with Gasteiger partial charge in [0.2, 0.25) is 0 Å². The van der Waals surface area contributed by atoms with Crippen molar-refractivity contribution in [1.29, 1.82) is 0 Å². The zero-order chi connectivity index (χ0) is 38.2. The highest BCUT2D eigenvalue weighted by Crippen LogP contribution is 2.44. The van der Waals surface area contributed by atoms with Crippen LogP contribution in [0.4, 0.5) is 0 Å². The van der Waals surface area contributed by atoms with Crippen LogP contribution in [-0.4, -0.2) is 15.0 Å². The van der Waals surface area contributed by atoms with E-state index in [0.717, 1.165) is 22.3 Å². The summed E-state index contributed by atoms with van der Waals surface area (Å²) >= 11 is 3.64. The topological polar surface area (TPSA) is 38.7 Å². The van der Waals surface area contributed by atoms with Gasteiger partial charge < -0.3 is 0 Å². The van der Waals surface area contributed by atoms with Gasteiger partial charge in [0.05, 0.1) is 0 Å². The van der Waals surface area contributed by atoms with Crippen molar-refractivity contribution in [3.63, 3.8) is 0 Å². The van der Waals surface area contributed by atoms with Gasteiger partial charge in [0.15, 0.2) is 17.5 Å². The molecular formula is C53H31N3S2. The first-order valence-electron chi connectivity index (χ1n) is 19.4. The Morgan fingerprint density at radius 1 is 0.293 bits per heavy atom. The lowest BCUT2D eigenvalue weighted by Crippen LogP contribution is -2.00. The molecule has 270 valence electrons. The number of benzene rings is 9. The molecule has 0 saturated carbocycles. The molecule has 0 unspecified atom stereocenters. The third-order valence-corrected chi connectivity index (χ3v) is 13.7. The van der Waals surface area contributed by atoms with Crippen LogP contribution in [0, 0.1) is 0 Å². The molecule has 3 heterocycles. The van der Waals surface area contributed by atoms with Crippen molar-refractivity contribution in [2.75, 3.05) is 0 Å². The number of nitrogens with zero attached hydrogens (tertiary/aromatic N) is 3. The van der Waals surface area contributed by atoms with E-state index >= 15 is 0 Å². The van der Waals surface area contributed by atoms with E-state index in [1.807, 2.05) is 29.5 Å². The Kier molecular flexibility index (Phi) is 7.58. The lowest BCUT2D eigenvalue weighted by Gasteiger charge is -2.12. The van der Waals surface area contributed by atoms with E-state index in [1.54, 1.807) is 11.3 Å². The molecule has 58 heavy (non-hydrogen) atoms. The molecule has 0 N–H and O–H groups in total. The fourth-order valence-electron chi connectivity index (χ4n) is 8.59. The highest BCUT2D eigenvalue weighted by molar-refractivity contribution is 7.26. The van der Waals surface area contributed by atoms with Crippen molar-refractivity contribution < 1.29 is 0 Å². The molecule has 0 radical (unpaired) electrons. The van der Waals surface area contributed by atoms with Gasteiger partial charge in [0.1, 0.15) is 0 Å². The average molecular weight is 774 g/mol. The van der Waals surface area contributed by atoms with E-state index in [0.29, 0.717) is 17.5 Å². The quantitative estimate of drug-likeness (QED) is 0.164. The molecule has 3 aromatic heterocycles. The molecule has 3 nitrogen and oxygen atoms in total. The molecular weight excluding hydrogens is 743 g/mol. The van der Waals surface area contributed by atoms with Crippen molar-refractivity contribution in [1.82, 2.24) is 15.0 Å². The molecule has 5 heteroatoms. The summed E-state index contributed by atoms with van der Waals surface area (Å²) < 4.78 is 5.00. The van der Waals surface area contributed by atoms with Crippen molar-refractivity contribution in [2.45, 2.75) is 0 Å². The zero-order valence-electron chi connectivity index (χ0n) is 31.1. The summed E-state index contributed by atoms with van der Waals surface area (Å²) in [5.74, 6) is 1.99. The number of hydrogen-bond acceptors (Lipinski definition) is 5. The molecule has 0 aliphatic rings. The second kappa shape index (κ2) is 13.3. The molecule has 0 aliphatic heterocycles. The minimum atomic E-state index is 0.653. The van der Waals surface area contributed by atoms with Crippen LogP contribution in [0.25, 0.3) is 118 Å². The molecule has 9 aromatic carbocycles. The fraction of sp³-hybridized carbons (Fsp3) is 0. The second-order valence-corrected chi connectivity index (χ2v) is 16.8. The summed E-state index contributed by atoms with van der Waals surface area (Å²) in [6, 6.07) is 67.5. The zero-order valence-corrected chi connectivity index (χ0v) is 32.7. The average Bonchev–Trinajstić information content (AvgIpc) is 3.87. The Labute approximate surface area is 342 Å². The third-order valence-electron chi connectivity index (χ3n) is 11.3. The maximum absolute atomic E-state index is 5.17. The number of rotatable bonds is 5. The van der Waals surface area contributed by atoms with Crippen LogP contribution in [-0.2, 0) is 0 Å². The van der Waals surface area contributed by atoms with Crippen LogP contribution in [0.2, 0.25) is 0 Å². The van der Waals surface area contributed by atoms with Crippen LogP contribution in [0.1, 0.15) is 0 Å². The van der Waals surface area contributed by atoms with Crippen LogP contribution in [0.15, 0.2) is 188 Å². The highest BCUT2D eigenvalue weighted by Gasteiger charge is 2.18. The van der Waals surface area contributed by atoms with Gasteiger partial charge in [-0.2, -0.15) is 0 Å². The third kappa shape index (κ3) is 5.36. The van der Waals surface area contributed by atoms with Crippen molar-refractivity contribution in [3.05, 3.63) is 188 Å². The summed E-state index contributed by atoms with van der Waals surface area (Å²) in [5, 5.41) is 10.1. The Bertz CT molecular complexity index is 3570. The molecule has 0 spiro atoms. The Hall–Kier alpha value is -7.05. The highest BCUT2D eigenvalue weighted by atomic mass is 32.1. The summed E-state index contributed by atoms with van der Waals surface area (Å²) in [4.78, 5) is 15.3. The van der Waals surface area contributed by atoms with E-state index in [2.05, 4.69) is 170 Å².